The van der Waals surface area contributed by atoms with Crippen molar-refractivity contribution in [3.8, 4) is 22.9 Å². The molecule has 2 heterocycles. The Bertz CT molecular complexity index is 865. The van der Waals surface area contributed by atoms with Crippen LogP contribution in [0.5, 0.6) is 11.5 Å². The number of aromatic nitrogens is 2. The number of hydrogen-bond acceptors (Lipinski definition) is 5. The van der Waals surface area contributed by atoms with Crippen molar-refractivity contribution in [2.24, 2.45) is 0 Å². The maximum atomic E-state index is 12.4. The van der Waals surface area contributed by atoms with Gasteiger partial charge in [0, 0.05) is 24.1 Å². The number of anilines is 1. The second kappa shape index (κ2) is 7.44. The molecule has 0 radical (unpaired) electrons. The van der Waals surface area contributed by atoms with Crippen LogP contribution in [0.25, 0.3) is 11.4 Å². The highest BCUT2D eigenvalue weighted by molar-refractivity contribution is 6.04. The molecule has 2 aromatic heterocycles. The molecular formula is C19H17N3O3. The molecule has 0 saturated carbocycles. The maximum absolute atomic E-state index is 12.4. The van der Waals surface area contributed by atoms with Crippen LogP contribution in [0.1, 0.15) is 10.4 Å². The molecule has 0 aliphatic heterocycles. The van der Waals surface area contributed by atoms with Crippen molar-refractivity contribution in [3.05, 3.63) is 66.5 Å². The predicted octanol–water partition coefficient (Wildman–Crippen LogP) is 3.41. The highest BCUT2D eigenvalue weighted by Crippen LogP contribution is 2.29. The number of ether oxygens (including phenoxy) is 2. The highest BCUT2D eigenvalue weighted by Gasteiger charge is 2.10. The zero-order valence-electron chi connectivity index (χ0n) is 13.9. The molecule has 3 rings (SSSR count). The summed E-state index contributed by atoms with van der Waals surface area (Å²) in [4.78, 5) is 20.9. The van der Waals surface area contributed by atoms with Crippen molar-refractivity contribution in [2.75, 3.05) is 19.5 Å². The molecule has 0 fully saturated rings. The molecule has 3 aromatic rings. The lowest BCUT2D eigenvalue weighted by molar-refractivity contribution is 0.102. The van der Waals surface area contributed by atoms with Crippen LogP contribution in [0.15, 0.2) is 60.9 Å². The number of nitrogens with zero attached hydrogens (tertiary/aromatic N) is 2. The van der Waals surface area contributed by atoms with E-state index in [2.05, 4.69) is 15.3 Å². The Morgan fingerprint density at radius 1 is 0.920 bits per heavy atom. The zero-order valence-corrected chi connectivity index (χ0v) is 13.9. The molecule has 126 valence electrons. The number of hydrogen-bond donors (Lipinski definition) is 1. The van der Waals surface area contributed by atoms with Crippen molar-refractivity contribution in [1.29, 1.82) is 0 Å². The Morgan fingerprint density at radius 3 is 2.36 bits per heavy atom. The van der Waals surface area contributed by atoms with Crippen molar-refractivity contribution < 1.29 is 14.3 Å². The van der Waals surface area contributed by atoms with Crippen molar-refractivity contribution in [1.82, 2.24) is 9.97 Å². The molecule has 1 aromatic carbocycles. The normalized spacial score (nSPS) is 10.2. The van der Waals surface area contributed by atoms with Gasteiger partial charge in [0.15, 0.2) is 11.5 Å². The fraction of sp³-hybridized carbons (Fsp3) is 0.105. The Labute approximate surface area is 145 Å². The molecule has 1 N–H and O–H groups in total. The first-order valence-electron chi connectivity index (χ1n) is 7.62. The summed E-state index contributed by atoms with van der Waals surface area (Å²) in [6.45, 7) is 0. The molecule has 6 heteroatoms. The summed E-state index contributed by atoms with van der Waals surface area (Å²) in [6.07, 6.45) is 3.23. The van der Waals surface area contributed by atoms with Gasteiger partial charge in [0.1, 0.15) is 0 Å². The Kier molecular flexibility index (Phi) is 4.89. The van der Waals surface area contributed by atoms with E-state index in [4.69, 9.17) is 9.47 Å². The Balaban J connectivity index is 1.75. The average Bonchev–Trinajstić information content (AvgIpc) is 2.68. The number of pyridine rings is 2. The summed E-state index contributed by atoms with van der Waals surface area (Å²) in [6, 6.07) is 14.3. The van der Waals surface area contributed by atoms with Gasteiger partial charge >= 0.3 is 0 Å². The van der Waals surface area contributed by atoms with Gasteiger partial charge in [-0.25, -0.2) is 0 Å². The maximum Gasteiger partial charge on any atom is 0.257 e. The first-order valence-corrected chi connectivity index (χ1v) is 7.62. The van der Waals surface area contributed by atoms with Gasteiger partial charge in [0.2, 0.25) is 0 Å². The van der Waals surface area contributed by atoms with E-state index in [1.807, 2.05) is 18.2 Å². The van der Waals surface area contributed by atoms with Crippen LogP contribution >= 0.6 is 0 Å². The van der Waals surface area contributed by atoms with Crippen LogP contribution in [0, 0.1) is 0 Å². The minimum Gasteiger partial charge on any atom is -0.493 e. The number of amides is 1. The van der Waals surface area contributed by atoms with Gasteiger partial charge in [-0.3, -0.25) is 14.8 Å². The number of rotatable bonds is 5. The molecule has 6 nitrogen and oxygen atoms in total. The smallest absolute Gasteiger partial charge is 0.257 e. The van der Waals surface area contributed by atoms with E-state index in [0.717, 1.165) is 5.69 Å². The number of benzene rings is 1. The summed E-state index contributed by atoms with van der Waals surface area (Å²) in [7, 11) is 3.11. The Hall–Kier alpha value is -3.41. The first-order chi connectivity index (χ1) is 12.2. The molecule has 0 spiro atoms. The molecule has 0 unspecified atom stereocenters. The van der Waals surface area contributed by atoms with E-state index in [1.165, 1.54) is 6.20 Å². The molecule has 25 heavy (non-hydrogen) atoms. The number of methoxy groups -OCH3 is 2. The number of nitrogens with one attached hydrogen (secondary N) is 1. The Morgan fingerprint density at radius 2 is 1.72 bits per heavy atom. The van der Waals surface area contributed by atoms with Gasteiger partial charge in [-0.1, -0.05) is 6.07 Å². The van der Waals surface area contributed by atoms with E-state index in [9.17, 15) is 4.79 Å². The third-order valence-corrected chi connectivity index (χ3v) is 3.59. The fourth-order valence-electron chi connectivity index (χ4n) is 2.31. The van der Waals surface area contributed by atoms with Gasteiger partial charge in [-0.15, -0.1) is 0 Å². The van der Waals surface area contributed by atoms with Gasteiger partial charge in [-0.2, -0.15) is 0 Å². The van der Waals surface area contributed by atoms with E-state index in [1.54, 1.807) is 50.7 Å². The monoisotopic (exact) mass is 335 g/mol. The van der Waals surface area contributed by atoms with E-state index in [-0.39, 0.29) is 5.91 Å². The summed E-state index contributed by atoms with van der Waals surface area (Å²) >= 11 is 0. The zero-order chi connectivity index (χ0) is 17.6. The molecule has 0 bridgehead atoms. The summed E-state index contributed by atoms with van der Waals surface area (Å²) in [5.74, 6) is 0.887. The molecule has 1 amide bonds. The van der Waals surface area contributed by atoms with Crippen LogP contribution in [0.2, 0.25) is 0 Å². The SMILES string of the molecule is COc1ccc(NC(=O)c2ccc(-c3ccccn3)nc2)cc1OC. The third-order valence-electron chi connectivity index (χ3n) is 3.59. The second-order valence-electron chi connectivity index (χ2n) is 5.17. The quantitative estimate of drug-likeness (QED) is 0.773. The van der Waals surface area contributed by atoms with Crippen LogP contribution in [0.4, 0.5) is 5.69 Å². The highest BCUT2D eigenvalue weighted by atomic mass is 16.5. The first kappa shape index (κ1) is 16.4. The molecular weight excluding hydrogens is 318 g/mol. The van der Waals surface area contributed by atoms with Crippen LogP contribution in [-0.4, -0.2) is 30.1 Å². The lowest BCUT2D eigenvalue weighted by Gasteiger charge is -2.10. The second-order valence-corrected chi connectivity index (χ2v) is 5.17. The van der Waals surface area contributed by atoms with Crippen molar-refractivity contribution in [2.45, 2.75) is 0 Å². The molecule has 0 aliphatic carbocycles. The van der Waals surface area contributed by atoms with Gasteiger partial charge in [-0.05, 0) is 36.4 Å². The minimum atomic E-state index is -0.257. The minimum absolute atomic E-state index is 0.257. The number of carbonyl (C=O) groups is 1. The van der Waals surface area contributed by atoms with Crippen LogP contribution < -0.4 is 14.8 Å². The molecule has 0 atom stereocenters. The van der Waals surface area contributed by atoms with E-state index >= 15 is 0 Å². The fourth-order valence-corrected chi connectivity index (χ4v) is 2.31. The predicted molar refractivity (Wildman–Crippen MR) is 95.0 cm³/mol. The van der Waals surface area contributed by atoms with Crippen LogP contribution in [0.3, 0.4) is 0 Å². The molecule has 0 aliphatic rings. The summed E-state index contributed by atoms with van der Waals surface area (Å²) in [5, 5.41) is 2.81. The number of carbonyl (C=O) groups excluding carboxylic acids is 1. The van der Waals surface area contributed by atoms with Crippen molar-refractivity contribution in [3.63, 3.8) is 0 Å². The van der Waals surface area contributed by atoms with E-state index in [0.29, 0.717) is 28.4 Å². The van der Waals surface area contributed by atoms with Crippen molar-refractivity contribution >= 4 is 11.6 Å². The largest absolute Gasteiger partial charge is 0.493 e. The third kappa shape index (κ3) is 3.74. The lowest BCUT2D eigenvalue weighted by Crippen LogP contribution is -2.12. The topological polar surface area (TPSA) is 73.3 Å². The summed E-state index contributed by atoms with van der Waals surface area (Å²) < 4.78 is 10.4. The average molecular weight is 335 g/mol. The van der Waals surface area contributed by atoms with E-state index < -0.39 is 0 Å². The standard InChI is InChI=1S/C19H17N3O3/c1-24-17-9-7-14(11-18(17)25-2)22-19(23)13-6-8-16(21-12-13)15-5-3-4-10-20-15/h3-12H,1-2H3,(H,22,23). The van der Waals surface area contributed by atoms with Gasteiger partial charge in [0.25, 0.3) is 5.91 Å². The van der Waals surface area contributed by atoms with Crippen LogP contribution in [-0.2, 0) is 0 Å². The molecule has 0 saturated heterocycles. The lowest BCUT2D eigenvalue weighted by atomic mass is 10.2. The van der Waals surface area contributed by atoms with Gasteiger partial charge in [0.05, 0.1) is 31.2 Å². The van der Waals surface area contributed by atoms with Gasteiger partial charge < -0.3 is 14.8 Å². The summed E-state index contributed by atoms with van der Waals surface area (Å²) in [5.41, 5.74) is 2.53.